The molecule has 1 aliphatic heterocycles. The largest absolute Gasteiger partial charge is 0.380 e. The molecule has 1 saturated heterocycles. The maximum atomic E-state index is 13.3. The molecule has 0 aromatic heterocycles. The standard InChI is InChI=1S/C12H16FNO/c1-9-4-5-10(7-12(9)13)14-11-3-2-6-15-8-11/h4-5,7,11,14H,2-3,6,8H2,1H3. The molecule has 2 nitrogen and oxygen atoms in total. The lowest BCUT2D eigenvalue weighted by atomic mass is 10.1. The van der Waals surface area contributed by atoms with Crippen LogP contribution in [0.5, 0.6) is 0 Å². The summed E-state index contributed by atoms with van der Waals surface area (Å²) in [5.74, 6) is -0.156. The van der Waals surface area contributed by atoms with Crippen molar-refractivity contribution in [2.75, 3.05) is 18.5 Å². The van der Waals surface area contributed by atoms with Gasteiger partial charge in [0.15, 0.2) is 0 Å². The molecule has 0 radical (unpaired) electrons. The zero-order valence-corrected chi connectivity index (χ0v) is 8.92. The van der Waals surface area contributed by atoms with Crippen LogP contribution in [0, 0.1) is 12.7 Å². The Hall–Kier alpha value is -1.09. The van der Waals surface area contributed by atoms with Crippen molar-refractivity contribution in [1.29, 1.82) is 0 Å². The Labute approximate surface area is 89.4 Å². The molecule has 2 rings (SSSR count). The van der Waals surface area contributed by atoms with E-state index in [0.717, 1.165) is 31.7 Å². The van der Waals surface area contributed by atoms with Gasteiger partial charge in [0.2, 0.25) is 0 Å². The Balaban J connectivity index is 2.00. The number of anilines is 1. The highest BCUT2D eigenvalue weighted by atomic mass is 19.1. The van der Waals surface area contributed by atoms with Crippen molar-refractivity contribution in [3.8, 4) is 0 Å². The summed E-state index contributed by atoms with van der Waals surface area (Å²) >= 11 is 0. The third-order valence-corrected chi connectivity index (χ3v) is 2.70. The quantitative estimate of drug-likeness (QED) is 0.808. The van der Waals surface area contributed by atoms with Gasteiger partial charge in [0.25, 0.3) is 0 Å². The third kappa shape index (κ3) is 2.69. The molecular formula is C12H16FNO. The molecule has 1 unspecified atom stereocenters. The predicted molar refractivity (Wildman–Crippen MR) is 58.6 cm³/mol. The van der Waals surface area contributed by atoms with Crippen LogP contribution in [0.15, 0.2) is 18.2 Å². The third-order valence-electron chi connectivity index (χ3n) is 2.70. The first kappa shape index (κ1) is 10.4. The Bertz CT molecular complexity index is 334. The topological polar surface area (TPSA) is 21.3 Å². The van der Waals surface area contributed by atoms with Crippen LogP contribution in [0.25, 0.3) is 0 Å². The summed E-state index contributed by atoms with van der Waals surface area (Å²) in [6.45, 7) is 3.33. The fourth-order valence-electron chi connectivity index (χ4n) is 1.77. The molecule has 0 saturated carbocycles. The maximum Gasteiger partial charge on any atom is 0.128 e. The molecule has 1 heterocycles. The van der Waals surface area contributed by atoms with Gasteiger partial charge in [0.1, 0.15) is 5.82 Å². The fourth-order valence-corrected chi connectivity index (χ4v) is 1.77. The summed E-state index contributed by atoms with van der Waals surface area (Å²) in [6, 6.07) is 5.57. The van der Waals surface area contributed by atoms with Crippen LogP contribution in [0.3, 0.4) is 0 Å². The second-order valence-corrected chi connectivity index (χ2v) is 4.02. The lowest BCUT2D eigenvalue weighted by molar-refractivity contribution is 0.0876. The normalized spacial score (nSPS) is 21.3. The highest BCUT2D eigenvalue weighted by molar-refractivity contribution is 5.46. The minimum Gasteiger partial charge on any atom is -0.380 e. The Morgan fingerprint density at radius 1 is 1.47 bits per heavy atom. The number of benzene rings is 1. The highest BCUT2D eigenvalue weighted by Crippen LogP contribution is 2.17. The summed E-state index contributed by atoms with van der Waals surface area (Å²) in [5, 5.41) is 3.28. The van der Waals surface area contributed by atoms with Gasteiger partial charge < -0.3 is 10.1 Å². The van der Waals surface area contributed by atoms with Crippen LogP contribution in [0.1, 0.15) is 18.4 Å². The SMILES string of the molecule is Cc1ccc(NC2CCCOC2)cc1F. The Morgan fingerprint density at radius 3 is 3.00 bits per heavy atom. The summed E-state index contributed by atoms with van der Waals surface area (Å²) in [4.78, 5) is 0. The van der Waals surface area contributed by atoms with E-state index in [9.17, 15) is 4.39 Å². The minimum absolute atomic E-state index is 0.156. The van der Waals surface area contributed by atoms with Crippen molar-refractivity contribution in [1.82, 2.24) is 0 Å². The van der Waals surface area contributed by atoms with Crippen molar-refractivity contribution in [3.05, 3.63) is 29.6 Å². The van der Waals surface area contributed by atoms with E-state index in [2.05, 4.69) is 5.32 Å². The summed E-state index contributed by atoms with van der Waals surface area (Å²) in [6.07, 6.45) is 2.17. The number of nitrogens with one attached hydrogen (secondary N) is 1. The summed E-state index contributed by atoms with van der Waals surface area (Å²) < 4.78 is 18.6. The second kappa shape index (κ2) is 4.62. The maximum absolute atomic E-state index is 13.3. The molecule has 3 heteroatoms. The van der Waals surface area contributed by atoms with Crippen molar-refractivity contribution in [3.63, 3.8) is 0 Å². The summed E-state index contributed by atoms with van der Waals surface area (Å²) in [7, 11) is 0. The lowest BCUT2D eigenvalue weighted by Crippen LogP contribution is -2.29. The molecule has 0 aliphatic carbocycles. The van der Waals surface area contributed by atoms with Gasteiger partial charge in [-0.25, -0.2) is 4.39 Å². The molecule has 1 aliphatic rings. The van der Waals surface area contributed by atoms with E-state index in [1.54, 1.807) is 19.1 Å². The highest BCUT2D eigenvalue weighted by Gasteiger charge is 2.13. The van der Waals surface area contributed by atoms with Gasteiger partial charge in [-0.2, -0.15) is 0 Å². The lowest BCUT2D eigenvalue weighted by Gasteiger charge is -2.24. The van der Waals surface area contributed by atoms with Gasteiger partial charge in [0.05, 0.1) is 6.61 Å². The van der Waals surface area contributed by atoms with Crippen molar-refractivity contribution in [2.45, 2.75) is 25.8 Å². The van der Waals surface area contributed by atoms with Gasteiger partial charge >= 0.3 is 0 Å². The number of halogens is 1. The molecular weight excluding hydrogens is 193 g/mol. The average Bonchev–Trinajstić information content (AvgIpc) is 2.25. The van der Waals surface area contributed by atoms with Crippen LogP contribution in [-0.4, -0.2) is 19.3 Å². The molecule has 1 fully saturated rings. The second-order valence-electron chi connectivity index (χ2n) is 4.02. The molecule has 1 aromatic carbocycles. The zero-order valence-electron chi connectivity index (χ0n) is 8.92. The minimum atomic E-state index is -0.156. The van der Waals surface area contributed by atoms with Gasteiger partial charge in [-0.1, -0.05) is 6.07 Å². The molecule has 0 spiro atoms. The molecule has 15 heavy (non-hydrogen) atoms. The van der Waals surface area contributed by atoms with E-state index in [0.29, 0.717) is 11.6 Å². The van der Waals surface area contributed by atoms with Gasteiger partial charge in [-0.3, -0.25) is 0 Å². The van der Waals surface area contributed by atoms with Crippen LogP contribution in [-0.2, 0) is 4.74 Å². The molecule has 0 bridgehead atoms. The molecule has 0 amide bonds. The van der Waals surface area contributed by atoms with Gasteiger partial charge in [-0.05, 0) is 37.5 Å². The summed E-state index contributed by atoms with van der Waals surface area (Å²) in [5.41, 5.74) is 1.52. The van der Waals surface area contributed by atoms with Crippen LogP contribution in [0.4, 0.5) is 10.1 Å². The first-order chi connectivity index (χ1) is 7.25. The number of hydrogen-bond donors (Lipinski definition) is 1. The van der Waals surface area contributed by atoms with E-state index in [-0.39, 0.29) is 5.82 Å². The first-order valence-electron chi connectivity index (χ1n) is 5.36. The van der Waals surface area contributed by atoms with E-state index < -0.39 is 0 Å². The number of ether oxygens (including phenoxy) is 1. The average molecular weight is 209 g/mol. The van der Waals surface area contributed by atoms with Crippen LogP contribution < -0.4 is 5.32 Å². The molecule has 1 N–H and O–H groups in total. The van der Waals surface area contributed by atoms with Crippen LogP contribution >= 0.6 is 0 Å². The van der Waals surface area contributed by atoms with E-state index in [1.165, 1.54) is 0 Å². The van der Waals surface area contributed by atoms with Crippen molar-refractivity contribution >= 4 is 5.69 Å². The number of aryl methyl sites for hydroxylation is 1. The predicted octanol–water partition coefficient (Wildman–Crippen LogP) is 2.73. The van der Waals surface area contributed by atoms with E-state index in [1.807, 2.05) is 6.07 Å². The molecule has 1 aromatic rings. The zero-order chi connectivity index (χ0) is 10.7. The van der Waals surface area contributed by atoms with E-state index >= 15 is 0 Å². The number of rotatable bonds is 2. The molecule has 82 valence electrons. The Kier molecular flexibility index (Phi) is 3.21. The smallest absolute Gasteiger partial charge is 0.128 e. The molecule has 1 atom stereocenters. The van der Waals surface area contributed by atoms with Crippen LogP contribution in [0.2, 0.25) is 0 Å². The van der Waals surface area contributed by atoms with Crippen molar-refractivity contribution in [2.24, 2.45) is 0 Å². The monoisotopic (exact) mass is 209 g/mol. The number of hydrogen-bond acceptors (Lipinski definition) is 2. The first-order valence-corrected chi connectivity index (χ1v) is 5.36. The van der Waals surface area contributed by atoms with Crippen molar-refractivity contribution < 1.29 is 9.13 Å². The van der Waals surface area contributed by atoms with Gasteiger partial charge in [0, 0.05) is 18.3 Å². The fraction of sp³-hybridized carbons (Fsp3) is 0.500. The van der Waals surface area contributed by atoms with Gasteiger partial charge in [-0.15, -0.1) is 0 Å². The Morgan fingerprint density at radius 2 is 2.33 bits per heavy atom. The van der Waals surface area contributed by atoms with E-state index in [4.69, 9.17) is 4.74 Å².